The average molecular weight is 1020 g/mol. The lowest BCUT2D eigenvalue weighted by atomic mass is 9.85. The largest absolute Gasteiger partial charge is 0.491 e. The van der Waals surface area contributed by atoms with E-state index in [0.717, 1.165) is 38.7 Å². The standard InChI is InChI=1S/C50H57F4N7O8S2/c1-30-42(71-29-57-30)32-12-10-31(11-13-32)26-56-44(64)39-24-36(62)27-59(39)45(65)43(48(2,3)4)58-41(63)28-68-20-9-19-67-18-7-8-21-69-40-17-16-35(23-38(40)51)61-47(70)60(46(66)49(61,5)6)34-15-14-33(25-55)37(22-34)50(52,53)54/h10-17,22-23,29,36,39,43,62H,7-9,18-21,24,26-28H2,1-6H3,(H,56,64)(H,58,63)/t36?,39?,43-/m1/s1. The van der Waals surface area contributed by atoms with Crippen molar-refractivity contribution in [3.8, 4) is 22.3 Å². The zero-order chi connectivity index (χ0) is 51.8. The van der Waals surface area contributed by atoms with Gasteiger partial charge < -0.3 is 39.8 Å². The molecule has 0 saturated carbocycles. The highest BCUT2D eigenvalue weighted by molar-refractivity contribution is 7.81. The fourth-order valence-electron chi connectivity index (χ4n) is 8.21. The third-order valence-electron chi connectivity index (χ3n) is 12.0. The van der Waals surface area contributed by atoms with Crippen molar-refractivity contribution in [3.05, 3.63) is 94.4 Å². The quantitative estimate of drug-likeness (QED) is 0.0452. The molecule has 71 heavy (non-hydrogen) atoms. The fourth-order valence-corrected chi connectivity index (χ4v) is 9.54. The van der Waals surface area contributed by atoms with Crippen molar-refractivity contribution in [2.45, 2.75) is 104 Å². The number of alkyl halides is 3. The van der Waals surface area contributed by atoms with Crippen molar-refractivity contribution in [1.29, 1.82) is 5.26 Å². The number of thiazole rings is 1. The maximum Gasteiger partial charge on any atom is 0.417 e. The highest BCUT2D eigenvalue weighted by atomic mass is 32.1. The molecule has 0 radical (unpaired) electrons. The summed E-state index contributed by atoms with van der Waals surface area (Å²) in [6.45, 7) is 11.3. The average Bonchev–Trinajstić information content (AvgIpc) is 3.98. The number of nitrogens with zero attached hydrogens (tertiary/aromatic N) is 5. The summed E-state index contributed by atoms with van der Waals surface area (Å²) in [7, 11) is 0. The van der Waals surface area contributed by atoms with Crippen molar-refractivity contribution < 1.29 is 56.1 Å². The summed E-state index contributed by atoms with van der Waals surface area (Å²) in [5.41, 5.74) is 0.670. The van der Waals surface area contributed by atoms with Crippen molar-refractivity contribution in [1.82, 2.24) is 20.5 Å². The Bertz CT molecular complexity index is 2630. The normalized spacial score (nSPS) is 17.4. The molecule has 6 rings (SSSR count). The molecular weight excluding hydrogens is 967 g/mol. The molecule has 0 aliphatic carbocycles. The van der Waals surface area contributed by atoms with E-state index in [2.05, 4.69) is 15.6 Å². The van der Waals surface area contributed by atoms with Crippen LogP contribution in [0.2, 0.25) is 0 Å². The summed E-state index contributed by atoms with van der Waals surface area (Å²) in [5, 5.41) is 25.2. The van der Waals surface area contributed by atoms with Crippen LogP contribution in [0.4, 0.5) is 28.9 Å². The van der Waals surface area contributed by atoms with E-state index in [4.69, 9.17) is 26.4 Å². The molecule has 4 amide bonds. The number of likely N-dealkylation sites (tertiary alicyclic amines) is 1. The van der Waals surface area contributed by atoms with Crippen LogP contribution >= 0.6 is 23.6 Å². The number of halogens is 4. The molecule has 0 bridgehead atoms. The second-order valence-corrected chi connectivity index (χ2v) is 20.0. The van der Waals surface area contributed by atoms with Crippen LogP contribution in [0.5, 0.6) is 5.75 Å². The van der Waals surface area contributed by atoms with E-state index >= 15 is 4.39 Å². The number of hydrogen-bond acceptors (Lipinski definition) is 12. The third kappa shape index (κ3) is 13.1. The molecular formula is C50H57F4N7O8S2. The Morgan fingerprint density at radius 1 is 0.986 bits per heavy atom. The summed E-state index contributed by atoms with van der Waals surface area (Å²) >= 11 is 7.09. The number of aliphatic hydroxyl groups is 1. The van der Waals surface area contributed by atoms with E-state index in [9.17, 15) is 42.7 Å². The van der Waals surface area contributed by atoms with E-state index in [-0.39, 0.29) is 61.6 Å². The molecule has 2 fully saturated rings. The van der Waals surface area contributed by atoms with Gasteiger partial charge in [-0.25, -0.2) is 9.37 Å². The van der Waals surface area contributed by atoms with Gasteiger partial charge in [-0.2, -0.15) is 18.4 Å². The number of benzene rings is 3. The lowest BCUT2D eigenvalue weighted by Gasteiger charge is -2.35. The molecule has 3 heterocycles. The zero-order valence-electron chi connectivity index (χ0n) is 40.2. The number of thiocarbonyl (C=S) groups is 1. The molecule has 2 aliphatic heterocycles. The third-order valence-corrected chi connectivity index (χ3v) is 13.3. The first kappa shape index (κ1) is 54.3. The van der Waals surface area contributed by atoms with E-state index in [1.165, 1.54) is 47.9 Å². The molecule has 3 N–H and O–H groups in total. The smallest absolute Gasteiger partial charge is 0.417 e. The minimum Gasteiger partial charge on any atom is -0.491 e. The molecule has 3 atom stereocenters. The van der Waals surface area contributed by atoms with Gasteiger partial charge >= 0.3 is 6.18 Å². The van der Waals surface area contributed by atoms with Gasteiger partial charge in [-0.15, -0.1) is 11.3 Å². The Balaban J connectivity index is 0.879. The first-order valence-electron chi connectivity index (χ1n) is 23.0. The molecule has 3 aromatic carbocycles. The van der Waals surface area contributed by atoms with Gasteiger partial charge in [0.25, 0.3) is 5.91 Å². The number of rotatable bonds is 20. The molecule has 380 valence electrons. The van der Waals surface area contributed by atoms with Crippen LogP contribution in [-0.2, 0) is 41.4 Å². The number of anilines is 2. The minimum absolute atomic E-state index is 0.0501. The Kier molecular flexibility index (Phi) is 17.6. The topological polar surface area (TPSA) is 187 Å². The van der Waals surface area contributed by atoms with Crippen LogP contribution in [0.15, 0.2) is 66.2 Å². The van der Waals surface area contributed by atoms with Gasteiger partial charge in [0.1, 0.15) is 24.2 Å². The van der Waals surface area contributed by atoms with Crippen LogP contribution in [0, 0.1) is 29.5 Å². The number of nitrogens with one attached hydrogen (secondary N) is 2. The highest BCUT2D eigenvalue weighted by Crippen LogP contribution is 2.40. The van der Waals surface area contributed by atoms with Gasteiger partial charge in [0.05, 0.1) is 51.7 Å². The maximum atomic E-state index is 15.3. The number of carbonyl (C=O) groups is 4. The number of hydrogen-bond donors (Lipinski definition) is 3. The van der Waals surface area contributed by atoms with E-state index < -0.39 is 75.9 Å². The molecule has 2 saturated heterocycles. The Hall–Kier alpha value is -6.05. The molecule has 2 unspecified atom stereocenters. The van der Waals surface area contributed by atoms with E-state index in [1.54, 1.807) is 37.6 Å². The summed E-state index contributed by atoms with van der Waals surface area (Å²) in [5.74, 6) is -2.84. The fraction of sp³-hybridized carbons (Fsp3) is 0.460. The van der Waals surface area contributed by atoms with Crippen LogP contribution < -0.4 is 25.2 Å². The van der Waals surface area contributed by atoms with Gasteiger partial charge in [0.2, 0.25) is 17.7 Å². The number of unbranched alkanes of at least 4 members (excludes halogenated alkanes) is 1. The Labute approximate surface area is 419 Å². The monoisotopic (exact) mass is 1020 g/mol. The highest BCUT2D eigenvalue weighted by Gasteiger charge is 2.51. The number of aryl methyl sites for hydroxylation is 1. The maximum absolute atomic E-state index is 15.3. The van der Waals surface area contributed by atoms with E-state index in [0.29, 0.717) is 38.5 Å². The Morgan fingerprint density at radius 3 is 2.31 bits per heavy atom. The summed E-state index contributed by atoms with van der Waals surface area (Å²) in [6.07, 6.45) is -4.11. The summed E-state index contributed by atoms with van der Waals surface area (Å²) in [6, 6.07) is 14.2. The number of aliphatic hydroxyl groups excluding tert-OH is 1. The first-order chi connectivity index (χ1) is 33.5. The number of aromatic nitrogens is 1. The molecule has 4 aromatic rings. The molecule has 21 heteroatoms. The minimum atomic E-state index is -4.85. The second kappa shape index (κ2) is 23.0. The van der Waals surface area contributed by atoms with Gasteiger partial charge in [-0.3, -0.25) is 24.1 Å². The number of ether oxygens (including phenoxy) is 3. The van der Waals surface area contributed by atoms with Crippen molar-refractivity contribution >= 4 is 63.7 Å². The van der Waals surface area contributed by atoms with Crippen LogP contribution in [0.3, 0.4) is 0 Å². The second-order valence-electron chi connectivity index (χ2n) is 18.8. The van der Waals surface area contributed by atoms with Crippen molar-refractivity contribution in [2.75, 3.05) is 49.4 Å². The molecule has 0 spiro atoms. The predicted molar refractivity (Wildman–Crippen MR) is 262 cm³/mol. The molecule has 1 aromatic heterocycles. The lowest BCUT2D eigenvalue weighted by molar-refractivity contribution is -0.144. The van der Waals surface area contributed by atoms with Crippen LogP contribution in [0.25, 0.3) is 10.4 Å². The van der Waals surface area contributed by atoms with Crippen molar-refractivity contribution in [3.63, 3.8) is 0 Å². The summed E-state index contributed by atoms with van der Waals surface area (Å²) < 4.78 is 73.3. The lowest BCUT2D eigenvalue weighted by Crippen LogP contribution is -2.58. The number of amides is 4. The van der Waals surface area contributed by atoms with Crippen LogP contribution in [-0.4, -0.2) is 107 Å². The SMILES string of the molecule is Cc1ncsc1-c1ccc(CNC(=O)C2CC(O)CN2C(=O)[C@@H](NC(=O)COCCCOCCCCOc2ccc(N3C(=S)N(c4ccc(C#N)c(C(F)(F)F)c4)C(=O)C3(C)C)cc2F)C(C)(C)C)cc1. The van der Waals surface area contributed by atoms with Crippen molar-refractivity contribution in [2.24, 2.45) is 5.41 Å². The summed E-state index contributed by atoms with van der Waals surface area (Å²) in [4.78, 5) is 62.9. The van der Waals surface area contributed by atoms with E-state index in [1.807, 2.05) is 31.2 Å². The zero-order valence-corrected chi connectivity index (χ0v) is 41.9. The molecule has 15 nitrogen and oxygen atoms in total. The number of nitriles is 1. The Morgan fingerprint density at radius 2 is 1.66 bits per heavy atom. The van der Waals surface area contributed by atoms with Gasteiger partial charge in [0, 0.05) is 51.1 Å². The van der Waals surface area contributed by atoms with Gasteiger partial charge in [-0.1, -0.05) is 45.0 Å². The van der Waals surface area contributed by atoms with Crippen LogP contribution in [0.1, 0.15) is 82.7 Å². The number of β-amino-alcohol motifs (C(OH)–C–C–N with tert-alkyl or cyclic N) is 1. The first-order valence-corrected chi connectivity index (χ1v) is 24.2. The predicted octanol–water partition coefficient (Wildman–Crippen LogP) is 7.46. The van der Waals surface area contributed by atoms with Gasteiger partial charge in [0.15, 0.2) is 16.7 Å². The molecule has 2 aliphatic rings. The number of carbonyl (C=O) groups excluding carboxylic acids is 4. The van der Waals surface area contributed by atoms with Gasteiger partial charge in [-0.05, 0) is 99.1 Å².